The van der Waals surface area contributed by atoms with Crippen molar-refractivity contribution in [1.29, 1.82) is 0 Å². The van der Waals surface area contributed by atoms with E-state index >= 15 is 0 Å². The monoisotopic (exact) mass is 237 g/mol. The summed E-state index contributed by atoms with van der Waals surface area (Å²) >= 11 is 5.98. The first kappa shape index (κ1) is 11.6. The number of pyridine rings is 1. The van der Waals surface area contributed by atoms with Crippen LogP contribution in [0.2, 0.25) is 5.02 Å². The molecule has 16 heavy (non-hydrogen) atoms. The van der Waals surface area contributed by atoms with Gasteiger partial charge in [0, 0.05) is 23.9 Å². The molecular weight excluding hydrogens is 222 g/mol. The molecule has 0 atom stereocenters. The molecule has 0 bridgehead atoms. The minimum absolute atomic E-state index is 0.163. The van der Waals surface area contributed by atoms with Gasteiger partial charge < -0.3 is 0 Å². The number of ketones is 1. The number of hydrogen-bond acceptors (Lipinski definition) is 2. The molecule has 1 fully saturated rings. The molecule has 0 spiro atoms. The smallest absolute Gasteiger partial charge is 0.167 e. The van der Waals surface area contributed by atoms with E-state index in [1.807, 2.05) is 0 Å². The Kier molecular flexibility index (Phi) is 3.59. The van der Waals surface area contributed by atoms with E-state index in [0.717, 1.165) is 31.6 Å². The molecule has 0 aromatic carbocycles. The van der Waals surface area contributed by atoms with Crippen LogP contribution in [0.4, 0.5) is 0 Å². The van der Waals surface area contributed by atoms with Gasteiger partial charge in [-0.05, 0) is 24.8 Å². The Balaban J connectivity index is 2.11. The van der Waals surface area contributed by atoms with Crippen molar-refractivity contribution in [3.63, 3.8) is 0 Å². The molecule has 1 aliphatic carbocycles. The van der Waals surface area contributed by atoms with E-state index < -0.39 is 0 Å². The average molecular weight is 238 g/mol. The van der Waals surface area contributed by atoms with E-state index in [1.54, 1.807) is 18.5 Å². The van der Waals surface area contributed by atoms with Crippen LogP contribution in [0.25, 0.3) is 0 Å². The van der Waals surface area contributed by atoms with Crippen molar-refractivity contribution in [1.82, 2.24) is 4.98 Å². The predicted octanol–water partition coefficient (Wildman–Crippen LogP) is 3.74. The molecule has 0 N–H and O–H groups in total. The summed E-state index contributed by atoms with van der Waals surface area (Å²) in [6.07, 6.45) is 7.47. The second-order valence-corrected chi connectivity index (χ2v) is 5.08. The van der Waals surface area contributed by atoms with Gasteiger partial charge in [0.15, 0.2) is 5.78 Å². The van der Waals surface area contributed by atoms with Crippen molar-refractivity contribution in [3.8, 4) is 0 Å². The third-order valence-corrected chi connectivity index (χ3v) is 3.73. The molecule has 0 saturated heterocycles. The number of Topliss-reactive ketones (excluding diaryl/α,β-unsaturated/α-hetero) is 1. The summed E-state index contributed by atoms with van der Waals surface area (Å²) in [6.45, 7) is 2.25. The molecule has 0 aliphatic heterocycles. The lowest BCUT2D eigenvalue weighted by Gasteiger charge is -2.25. The van der Waals surface area contributed by atoms with Gasteiger partial charge in [0.05, 0.1) is 5.02 Å². The highest BCUT2D eigenvalue weighted by atomic mass is 35.5. The zero-order valence-corrected chi connectivity index (χ0v) is 10.2. The molecule has 1 heterocycles. The Morgan fingerprint density at radius 2 is 2.06 bits per heavy atom. The van der Waals surface area contributed by atoms with E-state index in [0.29, 0.717) is 10.6 Å². The van der Waals surface area contributed by atoms with E-state index in [9.17, 15) is 4.79 Å². The number of rotatable bonds is 2. The zero-order chi connectivity index (χ0) is 11.5. The Hall–Kier alpha value is -0.890. The summed E-state index contributed by atoms with van der Waals surface area (Å²) in [6, 6.07) is 1.72. The lowest BCUT2D eigenvalue weighted by atomic mass is 9.79. The molecule has 1 aromatic rings. The van der Waals surface area contributed by atoms with Crippen LogP contribution in [-0.4, -0.2) is 10.8 Å². The second kappa shape index (κ2) is 4.96. The minimum atomic E-state index is 0.163. The van der Waals surface area contributed by atoms with Gasteiger partial charge in [0.1, 0.15) is 0 Å². The first-order valence-electron chi connectivity index (χ1n) is 5.82. The van der Waals surface area contributed by atoms with Crippen molar-refractivity contribution in [3.05, 3.63) is 29.0 Å². The summed E-state index contributed by atoms with van der Waals surface area (Å²) in [5, 5.41) is 0.478. The maximum Gasteiger partial charge on any atom is 0.167 e. The Morgan fingerprint density at radius 3 is 2.69 bits per heavy atom. The topological polar surface area (TPSA) is 30.0 Å². The fourth-order valence-corrected chi connectivity index (χ4v) is 2.53. The van der Waals surface area contributed by atoms with Gasteiger partial charge in [-0.3, -0.25) is 9.78 Å². The Labute approximate surface area is 101 Å². The zero-order valence-electron chi connectivity index (χ0n) is 9.45. The molecule has 0 radical (unpaired) electrons. The molecule has 0 amide bonds. The van der Waals surface area contributed by atoms with Crippen LogP contribution in [-0.2, 0) is 0 Å². The van der Waals surface area contributed by atoms with Crippen molar-refractivity contribution in [2.24, 2.45) is 11.8 Å². The number of halogens is 1. The Bertz CT molecular complexity index is 383. The van der Waals surface area contributed by atoms with Crippen LogP contribution < -0.4 is 0 Å². The molecule has 1 saturated carbocycles. The number of carbonyl (C=O) groups is 1. The lowest BCUT2D eigenvalue weighted by Crippen LogP contribution is -2.21. The first-order valence-corrected chi connectivity index (χ1v) is 6.20. The highest BCUT2D eigenvalue weighted by molar-refractivity contribution is 6.33. The fraction of sp³-hybridized carbons (Fsp3) is 0.538. The number of carbonyl (C=O) groups excluding carboxylic acids is 1. The van der Waals surface area contributed by atoms with Crippen molar-refractivity contribution in [2.75, 3.05) is 0 Å². The summed E-state index contributed by atoms with van der Waals surface area (Å²) in [5.41, 5.74) is 0.635. The number of nitrogens with zero attached hydrogens (tertiary/aromatic N) is 1. The van der Waals surface area contributed by atoms with Crippen LogP contribution in [0.1, 0.15) is 43.0 Å². The first-order chi connectivity index (χ1) is 7.68. The quantitative estimate of drug-likeness (QED) is 0.734. The van der Waals surface area contributed by atoms with Gasteiger partial charge in [-0.15, -0.1) is 0 Å². The maximum atomic E-state index is 12.2. The summed E-state index contributed by atoms with van der Waals surface area (Å²) in [7, 11) is 0. The SMILES string of the molecule is CC1CCC(C(=O)c2ccncc2Cl)CC1. The normalized spacial score (nSPS) is 25.4. The van der Waals surface area contributed by atoms with Crippen molar-refractivity contribution < 1.29 is 4.79 Å². The third-order valence-electron chi connectivity index (χ3n) is 3.42. The molecule has 0 unspecified atom stereocenters. The number of hydrogen-bond donors (Lipinski definition) is 0. The summed E-state index contributed by atoms with van der Waals surface area (Å²) < 4.78 is 0. The summed E-state index contributed by atoms with van der Waals surface area (Å²) in [4.78, 5) is 16.1. The van der Waals surface area contributed by atoms with E-state index in [1.165, 1.54) is 0 Å². The van der Waals surface area contributed by atoms with Crippen molar-refractivity contribution >= 4 is 17.4 Å². The minimum Gasteiger partial charge on any atom is -0.294 e. The molecule has 1 aromatic heterocycles. The van der Waals surface area contributed by atoms with Crippen LogP contribution in [0.5, 0.6) is 0 Å². The molecule has 3 heteroatoms. The van der Waals surface area contributed by atoms with Gasteiger partial charge >= 0.3 is 0 Å². The average Bonchev–Trinajstić information content (AvgIpc) is 2.30. The summed E-state index contributed by atoms with van der Waals surface area (Å²) in [5.74, 6) is 1.12. The van der Waals surface area contributed by atoms with E-state index in [-0.39, 0.29) is 11.7 Å². The van der Waals surface area contributed by atoms with Gasteiger partial charge in [-0.1, -0.05) is 31.4 Å². The highest BCUT2D eigenvalue weighted by Crippen LogP contribution is 2.31. The lowest BCUT2D eigenvalue weighted by molar-refractivity contribution is 0.0876. The van der Waals surface area contributed by atoms with E-state index in [2.05, 4.69) is 11.9 Å². The van der Waals surface area contributed by atoms with Gasteiger partial charge in [0.25, 0.3) is 0 Å². The number of aromatic nitrogens is 1. The van der Waals surface area contributed by atoms with Crippen LogP contribution in [0, 0.1) is 11.8 Å². The van der Waals surface area contributed by atoms with Gasteiger partial charge in [-0.25, -0.2) is 0 Å². The fourth-order valence-electron chi connectivity index (χ4n) is 2.32. The third kappa shape index (κ3) is 2.43. The highest BCUT2D eigenvalue weighted by Gasteiger charge is 2.26. The van der Waals surface area contributed by atoms with Gasteiger partial charge in [0.2, 0.25) is 0 Å². The molecule has 1 aliphatic rings. The predicted molar refractivity (Wildman–Crippen MR) is 64.7 cm³/mol. The van der Waals surface area contributed by atoms with Crippen molar-refractivity contribution in [2.45, 2.75) is 32.6 Å². The molecular formula is C13H16ClNO. The van der Waals surface area contributed by atoms with Gasteiger partial charge in [-0.2, -0.15) is 0 Å². The molecule has 2 nitrogen and oxygen atoms in total. The Morgan fingerprint density at radius 1 is 1.38 bits per heavy atom. The molecule has 86 valence electrons. The second-order valence-electron chi connectivity index (χ2n) is 4.68. The van der Waals surface area contributed by atoms with Crippen LogP contribution in [0.15, 0.2) is 18.5 Å². The standard InChI is InChI=1S/C13H16ClNO/c1-9-2-4-10(5-3-9)13(16)11-6-7-15-8-12(11)14/h6-10H,2-5H2,1H3. The molecule has 2 rings (SSSR count). The van der Waals surface area contributed by atoms with Crippen LogP contribution >= 0.6 is 11.6 Å². The maximum absolute atomic E-state index is 12.2. The largest absolute Gasteiger partial charge is 0.294 e. The van der Waals surface area contributed by atoms with E-state index in [4.69, 9.17) is 11.6 Å². The van der Waals surface area contributed by atoms with Crippen LogP contribution in [0.3, 0.4) is 0 Å².